The number of carboxylic acid groups (broad SMARTS) is 1. The van der Waals surface area contributed by atoms with Crippen LogP contribution in [0.3, 0.4) is 0 Å². The quantitative estimate of drug-likeness (QED) is 0.479. The summed E-state index contributed by atoms with van der Waals surface area (Å²) in [5.41, 5.74) is 6.94. The van der Waals surface area contributed by atoms with Gasteiger partial charge in [0.25, 0.3) is 0 Å². The van der Waals surface area contributed by atoms with E-state index in [2.05, 4.69) is 5.16 Å². The van der Waals surface area contributed by atoms with Gasteiger partial charge in [-0.25, -0.2) is 9.18 Å². The lowest BCUT2D eigenvalue weighted by Crippen LogP contribution is -2.25. The molecule has 0 spiro atoms. The minimum atomic E-state index is -1.35. The van der Waals surface area contributed by atoms with E-state index in [1.807, 2.05) is 30.3 Å². The largest absolute Gasteiger partial charge is 0.477 e. The summed E-state index contributed by atoms with van der Waals surface area (Å²) >= 11 is 6.74. The fourth-order valence-electron chi connectivity index (χ4n) is 4.52. The van der Waals surface area contributed by atoms with Crippen molar-refractivity contribution in [3.8, 4) is 0 Å². The molecule has 35 heavy (non-hydrogen) atoms. The highest BCUT2D eigenvalue weighted by Gasteiger charge is 2.34. The van der Waals surface area contributed by atoms with Gasteiger partial charge in [0.05, 0.1) is 33.9 Å². The van der Waals surface area contributed by atoms with Gasteiger partial charge in [0.1, 0.15) is 18.0 Å². The second kappa shape index (κ2) is 9.31. The fraction of sp³-hybridized carbons (Fsp3) is 0.320. The van der Waals surface area contributed by atoms with Gasteiger partial charge in [-0.15, -0.1) is 0 Å². The maximum absolute atomic E-state index is 15.4. The topological polar surface area (TPSA) is 110 Å². The van der Waals surface area contributed by atoms with E-state index in [9.17, 15) is 14.7 Å². The number of hydrogen-bond acceptors (Lipinski definition) is 6. The predicted octanol–water partition coefficient (Wildman–Crippen LogP) is 3.79. The zero-order valence-corrected chi connectivity index (χ0v) is 19.5. The molecular weight excluding hydrogens is 475 g/mol. The third-order valence-corrected chi connectivity index (χ3v) is 6.83. The van der Waals surface area contributed by atoms with Crippen LogP contribution in [0.1, 0.15) is 34.8 Å². The van der Waals surface area contributed by atoms with E-state index in [4.69, 9.17) is 22.2 Å². The molecule has 3 N–H and O–H groups in total. The molecule has 10 heteroatoms. The van der Waals surface area contributed by atoms with Crippen LogP contribution in [0.15, 0.2) is 52.5 Å². The van der Waals surface area contributed by atoms with Gasteiger partial charge in [0.2, 0.25) is 5.43 Å². The third kappa shape index (κ3) is 4.37. The predicted molar refractivity (Wildman–Crippen MR) is 132 cm³/mol. The molecule has 1 atom stereocenters. The fourth-order valence-corrected chi connectivity index (χ4v) is 4.93. The average Bonchev–Trinajstić information content (AvgIpc) is 3.61. The highest BCUT2D eigenvalue weighted by atomic mass is 35.5. The van der Waals surface area contributed by atoms with Crippen LogP contribution in [0.25, 0.3) is 10.9 Å². The summed E-state index contributed by atoms with van der Waals surface area (Å²) in [4.78, 5) is 31.7. The molecule has 2 heterocycles. The van der Waals surface area contributed by atoms with Crippen LogP contribution in [0, 0.1) is 11.7 Å². The van der Waals surface area contributed by atoms with Gasteiger partial charge in [0, 0.05) is 31.2 Å². The number of benzene rings is 2. The number of fused-ring (bicyclic) bond motifs is 1. The Kier molecular flexibility index (Phi) is 6.21. The molecule has 1 aliphatic carbocycles. The number of anilines is 1. The number of carbonyl (C=O) groups is 1. The molecule has 2 aromatic carbocycles. The molecule has 182 valence electrons. The summed E-state index contributed by atoms with van der Waals surface area (Å²) < 4.78 is 17.1. The molecule has 3 aromatic rings. The zero-order valence-electron chi connectivity index (χ0n) is 18.8. The summed E-state index contributed by atoms with van der Waals surface area (Å²) in [6, 6.07) is 10.7. The second-order valence-electron chi connectivity index (χ2n) is 8.89. The molecular formula is C25H24ClFN4O4. The smallest absolute Gasteiger partial charge is 0.341 e. The summed E-state index contributed by atoms with van der Waals surface area (Å²) in [5.74, 6) is -2.21. The number of hydrogen-bond donors (Lipinski definition) is 2. The molecule has 1 unspecified atom stereocenters. The van der Waals surface area contributed by atoms with Crippen molar-refractivity contribution < 1.29 is 19.1 Å². The highest BCUT2D eigenvalue weighted by molar-refractivity contribution is 6.38. The van der Waals surface area contributed by atoms with Gasteiger partial charge >= 0.3 is 5.97 Å². The Balaban J connectivity index is 1.51. The van der Waals surface area contributed by atoms with Crippen molar-refractivity contribution in [3.63, 3.8) is 0 Å². The molecule has 2 fully saturated rings. The summed E-state index contributed by atoms with van der Waals surface area (Å²) in [6.07, 6.45) is 2.97. The van der Waals surface area contributed by atoms with Gasteiger partial charge in [-0.1, -0.05) is 47.1 Å². The maximum Gasteiger partial charge on any atom is 0.341 e. The van der Waals surface area contributed by atoms with Crippen molar-refractivity contribution in [2.24, 2.45) is 16.8 Å². The Morgan fingerprint density at radius 3 is 2.69 bits per heavy atom. The first-order valence-corrected chi connectivity index (χ1v) is 11.7. The number of carboxylic acids is 1. The average molecular weight is 499 g/mol. The Labute approximate surface area is 205 Å². The van der Waals surface area contributed by atoms with Crippen LogP contribution in [-0.4, -0.2) is 41.0 Å². The van der Waals surface area contributed by atoms with Crippen molar-refractivity contribution in [1.29, 1.82) is 0 Å². The Bertz CT molecular complexity index is 1390. The normalized spacial score (nSPS) is 19.0. The first kappa shape index (κ1) is 23.3. The van der Waals surface area contributed by atoms with Crippen molar-refractivity contribution in [1.82, 2.24) is 4.57 Å². The van der Waals surface area contributed by atoms with Crippen molar-refractivity contribution >= 4 is 39.9 Å². The van der Waals surface area contributed by atoms with E-state index in [0.29, 0.717) is 30.9 Å². The van der Waals surface area contributed by atoms with Gasteiger partial charge in [-0.3, -0.25) is 4.79 Å². The van der Waals surface area contributed by atoms with E-state index >= 15 is 4.39 Å². The summed E-state index contributed by atoms with van der Waals surface area (Å²) in [6.45, 7) is 1.24. The van der Waals surface area contributed by atoms with Crippen LogP contribution in [0.4, 0.5) is 10.1 Å². The number of aromatic nitrogens is 1. The molecule has 1 aromatic heterocycles. The number of halogens is 2. The minimum Gasteiger partial charge on any atom is -0.477 e. The van der Waals surface area contributed by atoms with Gasteiger partial charge in [0.15, 0.2) is 0 Å². The number of nitrogens with zero attached hydrogens (tertiary/aromatic N) is 3. The van der Waals surface area contributed by atoms with Gasteiger partial charge < -0.3 is 25.1 Å². The Morgan fingerprint density at radius 2 is 2.03 bits per heavy atom. The Morgan fingerprint density at radius 1 is 1.29 bits per heavy atom. The van der Waals surface area contributed by atoms with Gasteiger partial charge in [-0.05, 0) is 24.5 Å². The molecule has 5 rings (SSSR count). The van der Waals surface area contributed by atoms with Crippen LogP contribution >= 0.6 is 11.6 Å². The lowest BCUT2D eigenvalue weighted by molar-refractivity contribution is 0.0695. The van der Waals surface area contributed by atoms with E-state index in [0.717, 1.165) is 24.5 Å². The number of oxime groups is 1. The number of pyridine rings is 1. The Hall–Kier alpha value is -3.43. The molecule has 1 saturated heterocycles. The zero-order chi connectivity index (χ0) is 24.7. The van der Waals surface area contributed by atoms with E-state index in [-0.39, 0.29) is 34.6 Å². The number of nitrogens with two attached hydrogens (primary N) is 1. The first-order chi connectivity index (χ1) is 16.9. The first-order valence-electron chi connectivity index (χ1n) is 11.4. The molecule has 0 bridgehead atoms. The van der Waals surface area contributed by atoms with Crippen molar-refractivity contribution in [3.05, 3.63) is 74.8 Å². The van der Waals surface area contributed by atoms with E-state index in [1.165, 1.54) is 6.20 Å². The van der Waals surface area contributed by atoms with Crippen molar-refractivity contribution in [2.45, 2.75) is 25.5 Å². The van der Waals surface area contributed by atoms with E-state index < -0.39 is 22.8 Å². The van der Waals surface area contributed by atoms with Crippen LogP contribution in [-0.2, 0) is 11.4 Å². The van der Waals surface area contributed by atoms with Gasteiger partial charge in [-0.2, -0.15) is 0 Å². The SMILES string of the molecule is NCC1CN(c2c(F)cc3c(=O)c(C(=O)O)cn(C4CC4)c3c2Cl)C/C1=N\OCc1ccccc1. The second-order valence-corrected chi connectivity index (χ2v) is 9.27. The van der Waals surface area contributed by atoms with Crippen LogP contribution < -0.4 is 16.1 Å². The lowest BCUT2D eigenvalue weighted by Gasteiger charge is -2.23. The third-order valence-electron chi connectivity index (χ3n) is 6.48. The summed E-state index contributed by atoms with van der Waals surface area (Å²) in [5, 5.41) is 13.8. The minimum absolute atomic E-state index is 0.0193. The van der Waals surface area contributed by atoms with Crippen molar-refractivity contribution in [2.75, 3.05) is 24.5 Å². The maximum atomic E-state index is 15.4. The van der Waals surface area contributed by atoms with Crippen LogP contribution in [0.2, 0.25) is 5.02 Å². The summed E-state index contributed by atoms with van der Waals surface area (Å²) in [7, 11) is 0. The standard InChI is InChI=1S/C25H24ClFN4O4/c26-21-22-17(24(32)18(25(33)34)11-31(22)16-6-7-16)8-19(27)23(21)30-10-15(9-28)20(12-30)29-35-13-14-4-2-1-3-5-14/h1-5,8,11,15-16H,6-7,9-10,12-13,28H2,(H,33,34)/b29-20+. The monoisotopic (exact) mass is 498 g/mol. The molecule has 8 nitrogen and oxygen atoms in total. The lowest BCUT2D eigenvalue weighted by atomic mass is 10.1. The molecule has 1 saturated carbocycles. The molecule has 1 aliphatic heterocycles. The van der Waals surface area contributed by atoms with Crippen LogP contribution in [0.5, 0.6) is 0 Å². The highest BCUT2D eigenvalue weighted by Crippen LogP contribution is 2.42. The molecule has 0 amide bonds. The number of rotatable bonds is 7. The van der Waals surface area contributed by atoms with E-state index in [1.54, 1.807) is 9.47 Å². The number of aromatic carboxylic acids is 1. The molecule has 2 aliphatic rings. The molecule has 0 radical (unpaired) electrons.